The minimum atomic E-state index is -5.19. The van der Waals surface area contributed by atoms with Gasteiger partial charge in [-0.2, -0.15) is 0 Å². The fourth-order valence-electron chi connectivity index (χ4n) is 1.10. The van der Waals surface area contributed by atoms with Crippen LogP contribution in [0.5, 0.6) is 5.75 Å². The number of aliphatic carboxylic acids is 1. The molecule has 17 heavy (non-hydrogen) atoms. The van der Waals surface area contributed by atoms with Crippen molar-refractivity contribution >= 4 is 5.97 Å². The van der Waals surface area contributed by atoms with E-state index in [0.29, 0.717) is 6.07 Å². The van der Waals surface area contributed by atoms with Gasteiger partial charge in [-0.1, -0.05) is 12.1 Å². The smallest absolute Gasteiger partial charge is 0.479 e. The Hall–Kier alpha value is -1.83. The van der Waals surface area contributed by atoms with Gasteiger partial charge in [-0.25, -0.2) is 9.18 Å². The lowest BCUT2D eigenvalue weighted by Crippen LogP contribution is -2.21. The molecule has 0 aliphatic carbocycles. The Morgan fingerprint density at radius 1 is 1.35 bits per heavy atom. The van der Waals surface area contributed by atoms with E-state index in [4.69, 9.17) is 10.2 Å². The zero-order valence-electron chi connectivity index (χ0n) is 8.03. The van der Waals surface area contributed by atoms with E-state index in [0.717, 1.165) is 12.1 Å². The largest absolute Gasteiger partial charge is 0.573 e. The minimum Gasteiger partial charge on any atom is -0.479 e. The maximum atomic E-state index is 13.1. The molecule has 0 saturated carbocycles. The first-order valence-corrected chi connectivity index (χ1v) is 4.17. The van der Waals surface area contributed by atoms with Crippen LogP contribution >= 0.6 is 0 Å². The molecule has 94 valence electrons. The average molecular weight is 254 g/mol. The molecule has 0 spiro atoms. The Morgan fingerprint density at radius 2 is 1.94 bits per heavy atom. The summed E-state index contributed by atoms with van der Waals surface area (Å²) in [6.45, 7) is 0. The molecule has 0 aromatic heterocycles. The standard InChI is InChI=1S/C9H6F4O4/c10-5-3-1-2-4(6(14)8(15)16)7(5)17-9(11,12)13/h1-3,6,14H,(H,15,16). The van der Waals surface area contributed by atoms with Crippen LogP contribution in [0.2, 0.25) is 0 Å². The number of aliphatic hydroxyl groups excluding tert-OH is 1. The second kappa shape index (κ2) is 4.58. The predicted molar refractivity (Wildman–Crippen MR) is 45.7 cm³/mol. The van der Waals surface area contributed by atoms with E-state index in [1.165, 1.54) is 0 Å². The summed E-state index contributed by atoms with van der Waals surface area (Å²) >= 11 is 0. The fraction of sp³-hybridized carbons (Fsp3) is 0.222. The summed E-state index contributed by atoms with van der Waals surface area (Å²) in [7, 11) is 0. The number of carboxylic acid groups (broad SMARTS) is 1. The summed E-state index contributed by atoms with van der Waals surface area (Å²) in [6.07, 6.45) is -7.49. The molecule has 1 rings (SSSR count). The van der Waals surface area contributed by atoms with Crippen LogP contribution in [0.25, 0.3) is 0 Å². The molecule has 0 bridgehead atoms. The molecular weight excluding hydrogens is 248 g/mol. The molecule has 2 N–H and O–H groups in total. The SMILES string of the molecule is O=C(O)C(O)c1cccc(F)c1OC(F)(F)F. The molecule has 0 fully saturated rings. The Kier molecular flexibility index (Phi) is 3.56. The number of ether oxygens (including phenoxy) is 1. The van der Waals surface area contributed by atoms with E-state index in [-0.39, 0.29) is 0 Å². The van der Waals surface area contributed by atoms with E-state index in [2.05, 4.69) is 4.74 Å². The van der Waals surface area contributed by atoms with E-state index >= 15 is 0 Å². The molecule has 1 aromatic carbocycles. The summed E-state index contributed by atoms with van der Waals surface area (Å²) in [4.78, 5) is 10.4. The van der Waals surface area contributed by atoms with Crippen LogP contribution in [0.4, 0.5) is 17.6 Å². The van der Waals surface area contributed by atoms with Crippen molar-refractivity contribution in [3.05, 3.63) is 29.6 Å². The maximum absolute atomic E-state index is 13.1. The van der Waals surface area contributed by atoms with Gasteiger partial charge in [0.25, 0.3) is 0 Å². The molecule has 0 heterocycles. The van der Waals surface area contributed by atoms with Crippen molar-refractivity contribution < 1.29 is 37.3 Å². The molecule has 0 radical (unpaired) electrons. The molecule has 1 unspecified atom stereocenters. The number of hydrogen-bond donors (Lipinski definition) is 2. The van der Waals surface area contributed by atoms with Crippen LogP contribution in [0, 0.1) is 5.82 Å². The molecule has 1 aromatic rings. The van der Waals surface area contributed by atoms with Gasteiger partial charge in [0.15, 0.2) is 17.7 Å². The zero-order valence-corrected chi connectivity index (χ0v) is 8.03. The van der Waals surface area contributed by atoms with Gasteiger partial charge in [-0.3, -0.25) is 0 Å². The number of halogens is 4. The number of alkyl halides is 3. The quantitative estimate of drug-likeness (QED) is 0.808. The van der Waals surface area contributed by atoms with Gasteiger partial charge < -0.3 is 14.9 Å². The molecular formula is C9H6F4O4. The van der Waals surface area contributed by atoms with Crippen LogP contribution in [0.1, 0.15) is 11.7 Å². The first-order valence-electron chi connectivity index (χ1n) is 4.17. The van der Waals surface area contributed by atoms with E-state index < -0.39 is 35.6 Å². The summed E-state index contributed by atoms with van der Waals surface area (Å²) < 4.78 is 52.3. The zero-order chi connectivity index (χ0) is 13.2. The molecule has 8 heteroatoms. The first kappa shape index (κ1) is 13.2. The van der Waals surface area contributed by atoms with Gasteiger partial charge in [-0.15, -0.1) is 13.2 Å². The number of hydrogen-bond acceptors (Lipinski definition) is 3. The third kappa shape index (κ3) is 3.31. The van der Waals surface area contributed by atoms with Crippen molar-refractivity contribution in [2.24, 2.45) is 0 Å². The Labute approximate surface area is 92.1 Å². The highest BCUT2D eigenvalue weighted by Crippen LogP contribution is 2.32. The van der Waals surface area contributed by atoms with Crippen LogP contribution in [0.3, 0.4) is 0 Å². The van der Waals surface area contributed by atoms with Gasteiger partial charge in [0.1, 0.15) is 0 Å². The Morgan fingerprint density at radius 3 is 2.41 bits per heavy atom. The normalized spacial score (nSPS) is 13.2. The van der Waals surface area contributed by atoms with E-state index in [1.807, 2.05) is 0 Å². The fourth-order valence-corrected chi connectivity index (χ4v) is 1.10. The highest BCUT2D eigenvalue weighted by Gasteiger charge is 2.35. The molecule has 0 saturated heterocycles. The third-order valence-corrected chi connectivity index (χ3v) is 1.74. The van der Waals surface area contributed by atoms with Crippen molar-refractivity contribution in [2.75, 3.05) is 0 Å². The Bertz CT molecular complexity index is 429. The van der Waals surface area contributed by atoms with Gasteiger partial charge >= 0.3 is 12.3 Å². The monoisotopic (exact) mass is 254 g/mol. The minimum absolute atomic E-state index is 0.652. The molecule has 0 amide bonds. The van der Waals surface area contributed by atoms with E-state index in [9.17, 15) is 22.4 Å². The number of benzene rings is 1. The van der Waals surface area contributed by atoms with Crippen molar-refractivity contribution in [2.45, 2.75) is 12.5 Å². The number of carboxylic acids is 1. The maximum Gasteiger partial charge on any atom is 0.573 e. The van der Waals surface area contributed by atoms with Gasteiger partial charge in [0.2, 0.25) is 0 Å². The molecule has 4 nitrogen and oxygen atoms in total. The van der Waals surface area contributed by atoms with Crippen molar-refractivity contribution in [1.29, 1.82) is 0 Å². The molecule has 0 aliphatic heterocycles. The van der Waals surface area contributed by atoms with Crippen LogP contribution in [-0.4, -0.2) is 22.5 Å². The number of para-hydroxylation sites is 1. The van der Waals surface area contributed by atoms with Crippen LogP contribution < -0.4 is 4.74 Å². The lowest BCUT2D eigenvalue weighted by atomic mass is 10.1. The lowest BCUT2D eigenvalue weighted by molar-refractivity contribution is -0.276. The Balaban J connectivity index is 3.22. The van der Waals surface area contributed by atoms with Crippen LogP contribution in [-0.2, 0) is 4.79 Å². The van der Waals surface area contributed by atoms with Gasteiger partial charge in [0, 0.05) is 5.56 Å². The topological polar surface area (TPSA) is 66.8 Å². The number of rotatable bonds is 3. The van der Waals surface area contributed by atoms with Gasteiger partial charge in [0.05, 0.1) is 0 Å². The number of carbonyl (C=O) groups is 1. The van der Waals surface area contributed by atoms with E-state index in [1.54, 1.807) is 0 Å². The summed E-state index contributed by atoms with van der Waals surface area (Å²) in [5.41, 5.74) is -0.810. The highest BCUT2D eigenvalue weighted by molar-refractivity contribution is 5.75. The second-order valence-corrected chi connectivity index (χ2v) is 2.95. The van der Waals surface area contributed by atoms with Crippen molar-refractivity contribution in [3.63, 3.8) is 0 Å². The third-order valence-electron chi connectivity index (χ3n) is 1.74. The predicted octanol–water partition coefficient (Wildman–Crippen LogP) is 1.84. The summed E-state index contributed by atoms with van der Waals surface area (Å²) in [6, 6.07) is 2.43. The van der Waals surface area contributed by atoms with Crippen molar-refractivity contribution in [3.8, 4) is 5.75 Å². The summed E-state index contributed by atoms with van der Waals surface area (Å²) in [5, 5.41) is 17.5. The van der Waals surface area contributed by atoms with Crippen molar-refractivity contribution in [1.82, 2.24) is 0 Å². The van der Waals surface area contributed by atoms with Crippen LogP contribution in [0.15, 0.2) is 18.2 Å². The second-order valence-electron chi connectivity index (χ2n) is 2.95. The average Bonchev–Trinajstić information content (AvgIpc) is 2.18. The molecule has 1 atom stereocenters. The number of aliphatic hydroxyl groups is 1. The molecule has 0 aliphatic rings. The lowest BCUT2D eigenvalue weighted by Gasteiger charge is -2.15. The summed E-state index contributed by atoms with van der Waals surface area (Å²) in [5.74, 6) is -4.59. The first-order chi connectivity index (χ1) is 7.72. The van der Waals surface area contributed by atoms with Gasteiger partial charge in [-0.05, 0) is 6.07 Å². The highest BCUT2D eigenvalue weighted by atomic mass is 19.4.